The molecular weight excluding hydrogens is 509 g/mol. The van der Waals surface area contributed by atoms with E-state index in [2.05, 4.69) is 40.1 Å². The van der Waals surface area contributed by atoms with Crippen molar-refractivity contribution in [3.8, 4) is 5.75 Å². The summed E-state index contributed by atoms with van der Waals surface area (Å²) in [6.45, 7) is 11.2. The molecule has 1 aliphatic heterocycles. The van der Waals surface area contributed by atoms with E-state index in [0.717, 1.165) is 45.3 Å². The molecule has 210 valence electrons. The lowest BCUT2D eigenvalue weighted by molar-refractivity contribution is -0.147. The lowest BCUT2D eigenvalue weighted by atomic mass is 9.69. The number of aliphatic carboxylic acids is 1. The average molecular weight is 546 g/mol. The number of rotatable bonds is 7. The molecule has 0 saturated carbocycles. The Bertz CT molecular complexity index is 1580. The molecular formula is C31H36FN5O3. The van der Waals surface area contributed by atoms with Gasteiger partial charge in [0, 0.05) is 38.8 Å². The number of carboxylic acid groups (broad SMARTS) is 1. The Morgan fingerprint density at radius 3 is 2.73 bits per heavy atom. The zero-order valence-corrected chi connectivity index (χ0v) is 23.9. The van der Waals surface area contributed by atoms with Crippen LogP contribution in [0.2, 0.25) is 0 Å². The fourth-order valence-corrected chi connectivity index (χ4v) is 5.78. The van der Waals surface area contributed by atoms with Crippen molar-refractivity contribution in [1.29, 1.82) is 0 Å². The third-order valence-corrected chi connectivity index (χ3v) is 8.32. The number of pyridine rings is 1. The Labute approximate surface area is 233 Å². The van der Waals surface area contributed by atoms with Crippen LogP contribution in [0.1, 0.15) is 66.5 Å². The molecule has 4 aromatic rings. The van der Waals surface area contributed by atoms with Gasteiger partial charge >= 0.3 is 5.97 Å². The Hall–Kier alpha value is -3.85. The molecule has 8 nitrogen and oxygen atoms in total. The van der Waals surface area contributed by atoms with Crippen LogP contribution >= 0.6 is 0 Å². The van der Waals surface area contributed by atoms with Gasteiger partial charge in [-0.15, -0.1) is 5.10 Å². The summed E-state index contributed by atoms with van der Waals surface area (Å²) in [5, 5.41) is 18.9. The number of ether oxygens (including phenoxy) is 1. The first-order chi connectivity index (χ1) is 19.0. The van der Waals surface area contributed by atoms with Crippen LogP contribution in [-0.2, 0) is 24.9 Å². The lowest BCUT2D eigenvalue weighted by Crippen LogP contribution is -2.33. The molecule has 9 heteroatoms. The molecule has 2 atom stereocenters. The van der Waals surface area contributed by atoms with E-state index >= 15 is 0 Å². The van der Waals surface area contributed by atoms with Gasteiger partial charge in [-0.3, -0.25) is 9.69 Å². The molecule has 0 radical (unpaired) electrons. The maximum atomic E-state index is 14.7. The summed E-state index contributed by atoms with van der Waals surface area (Å²) in [4.78, 5) is 18.7. The van der Waals surface area contributed by atoms with Gasteiger partial charge in [-0.25, -0.2) is 9.67 Å². The maximum Gasteiger partial charge on any atom is 0.310 e. The van der Waals surface area contributed by atoms with E-state index in [4.69, 9.17) is 4.74 Å². The van der Waals surface area contributed by atoms with Crippen molar-refractivity contribution >= 4 is 17.0 Å². The number of hydrogen-bond acceptors (Lipinski definition) is 6. The zero-order chi connectivity index (χ0) is 28.8. The fraction of sp³-hybridized carbons (Fsp3) is 0.419. The Balaban J connectivity index is 1.57. The van der Waals surface area contributed by atoms with E-state index in [-0.39, 0.29) is 6.10 Å². The minimum atomic E-state index is -1.11. The van der Waals surface area contributed by atoms with E-state index in [1.807, 2.05) is 38.2 Å². The molecule has 0 spiro atoms. The average Bonchev–Trinajstić information content (AvgIpc) is 3.18. The Kier molecular flexibility index (Phi) is 7.35. The van der Waals surface area contributed by atoms with Gasteiger partial charge in [0.1, 0.15) is 17.4 Å². The zero-order valence-electron chi connectivity index (χ0n) is 23.9. The van der Waals surface area contributed by atoms with Gasteiger partial charge in [0.15, 0.2) is 0 Å². The molecule has 2 aromatic heterocycles. The highest BCUT2D eigenvalue weighted by Crippen LogP contribution is 2.44. The largest absolute Gasteiger partial charge is 0.489 e. The molecule has 0 unspecified atom stereocenters. The van der Waals surface area contributed by atoms with E-state index in [9.17, 15) is 14.3 Å². The molecule has 0 aliphatic carbocycles. The Morgan fingerprint density at radius 2 is 2.00 bits per heavy atom. The van der Waals surface area contributed by atoms with Gasteiger partial charge in [0.2, 0.25) is 5.95 Å². The molecule has 0 saturated heterocycles. The molecule has 0 amide bonds. The normalized spacial score (nSPS) is 16.8. The van der Waals surface area contributed by atoms with Crippen molar-refractivity contribution < 1.29 is 19.0 Å². The minimum absolute atomic E-state index is 0.0772. The second-order valence-electron chi connectivity index (χ2n) is 11.4. The molecule has 1 N–H and O–H groups in total. The van der Waals surface area contributed by atoms with Gasteiger partial charge < -0.3 is 9.84 Å². The van der Waals surface area contributed by atoms with Crippen molar-refractivity contribution in [3.05, 3.63) is 81.9 Å². The van der Waals surface area contributed by atoms with E-state index in [1.165, 1.54) is 6.20 Å². The smallest absolute Gasteiger partial charge is 0.310 e. The highest BCUT2D eigenvalue weighted by Gasteiger charge is 2.40. The third kappa shape index (κ3) is 4.94. The first kappa shape index (κ1) is 27.7. The molecule has 5 rings (SSSR count). The fourth-order valence-electron chi connectivity index (χ4n) is 5.78. The van der Waals surface area contributed by atoms with Crippen LogP contribution in [0.25, 0.3) is 11.0 Å². The van der Waals surface area contributed by atoms with Crippen LogP contribution < -0.4 is 4.74 Å². The predicted molar refractivity (Wildman–Crippen MR) is 151 cm³/mol. The quantitative estimate of drug-likeness (QED) is 0.305. The highest BCUT2D eigenvalue weighted by molar-refractivity contribution is 5.81. The number of aromatic nitrogens is 4. The SMILES string of the molecule is CC[C@@H]1CN(Cc2cc([C@@H](c3ccc4c(nnn4C)c3C)C(C)(C)C(=O)O)ccc2C)Cc2c(ccnc2F)O1. The third-order valence-electron chi connectivity index (χ3n) is 8.32. The van der Waals surface area contributed by atoms with Gasteiger partial charge in [0.25, 0.3) is 0 Å². The van der Waals surface area contributed by atoms with Crippen LogP contribution in [0.5, 0.6) is 5.75 Å². The summed E-state index contributed by atoms with van der Waals surface area (Å²) in [6, 6.07) is 11.9. The van der Waals surface area contributed by atoms with E-state index in [1.54, 1.807) is 24.6 Å². The Morgan fingerprint density at radius 1 is 1.23 bits per heavy atom. The number of aryl methyl sites for hydroxylation is 3. The molecule has 0 bridgehead atoms. The van der Waals surface area contributed by atoms with Crippen LogP contribution in [0.4, 0.5) is 4.39 Å². The number of carbonyl (C=O) groups is 1. The molecule has 40 heavy (non-hydrogen) atoms. The molecule has 0 fully saturated rings. The number of carboxylic acids is 1. The predicted octanol–water partition coefficient (Wildman–Crippen LogP) is 5.54. The highest BCUT2D eigenvalue weighted by atomic mass is 19.1. The van der Waals surface area contributed by atoms with E-state index in [0.29, 0.717) is 30.9 Å². The van der Waals surface area contributed by atoms with Gasteiger partial charge in [-0.1, -0.05) is 36.4 Å². The van der Waals surface area contributed by atoms with Crippen molar-refractivity contribution in [2.24, 2.45) is 12.5 Å². The summed E-state index contributed by atoms with van der Waals surface area (Å²) < 4.78 is 22.6. The number of benzene rings is 2. The van der Waals surface area contributed by atoms with Crippen LogP contribution in [0, 0.1) is 25.2 Å². The van der Waals surface area contributed by atoms with Crippen molar-refractivity contribution in [1.82, 2.24) is 24.9 Å². The topological polar surface area (TPSA) is 93.4 Å². The number of halogens is 1. The van der Waals surface area contributed by atoms with Crippen LogP contribution in [0.15, 0.2) is 42.6 Å². The molecule has 1 aliphatic rings. The molecule has 3 heterocycles. The monoisotopic (exact) mass is 545 g/mol. The van der Waals surface area contributed by atoms with Crippen molar-refractivity contribution in [2.45, 2.75) is 66.2 Å². The number of nitrogens with zero attached hydrogens (tertiary/aromatic N) is 5. The summed E-state index contributed by atoms with van der Waals surface area (Å²) in [7, 11) is 1.84. The summed E-state index contributed by atoms with van der Waals surface area (Å²) in [5.41, 5.74) is 5.90. The van der Waals surface area contributed by atoms with Crippen molar-refractivity contribution in [2.75, 3.05) is 6.54 Å². The second kappa shape index (κ2) is 10.6. The summed E-state index contributed by atoms with van der Waals surface area (Å²) >= 11 is 0. The molecule has 2 aromatic carbocycles. The van der Waals surface area contributed by atoms with Crippen LogP contribution in [0.3, 0.4) is 0 Å². The van der Waals surface area contributed by atoms with Gasteiger partial charge in [0.05, 0.1) is 16.5 Å². The number of hydrogen-bond donors (Lipinski definition) is 1. The summed E-state index contributed by atoms with van der Waals surface area (Å²) in [6.07, 6.45) is 2.15. The standard InChI is InChI=1S/C31H36FN5O3/c1-7-22-16-37(17-24-26(40-22)12-13-33-29(24)32)15-21-14-20(9-8-18(21)2)27(31(4,5)30(38)39)23-10-11-25-28(19(23)3)34-35-36(25)6/h8-14,22,27H,7,15-17H2,1-6H3,(H,38,39)/t22-,27+/m1/s1. The lowest BCUT2D eigenvalue weighted by Gasteiger charge is -2.33. The van der Waals surface area contributed by atoms with E-state index < -0.39 is 23.2 Å². The maximum absolute atomic E-state index is 14.7. The van der Waals surface area contributed by atoms with Gasteiger partial charge in [-0.05, 0) is 74.1 Å². The second-order valence-corrected chi connectivity index (χ2v) is 11.4. The van der Waals surface area contributed by atoms with Crippen LogP contribution in [-0.4, -0.2) is 48.6 Å². The first-order valence-corrected chi connectivity index (χ1v) is 13.6. The first-order valence-electron chi connectivity index (χ1n) is 13.6. The number of fused-ring (bicyclic) bond motifs is 2. The minimum Gasteiger partial charge on any atom is -0.489 e. The van der Waals surface area contributed by atoms with Crippen molar-refractivity contribution in [3.63, 3.8) is 0 Å². The van der Waals surface area contributed by atoms with Gasteiger partial charge in [-0.2, -0.15) is 4.39 Å². The summed E-state index contributed by atoms with van der Waals surface area (Å²) in [5.74, 6) is -1.28.